The number of amides is 2. The van der Waals surface area contributed by atoms with Crippen molar-refractivity contribution in [2.45, 2.75) is 58.4 Å². The largest absolute Gasteiger partial charge is 0.351 e. The summed E-state index contributed by atoms with van der Waals surface area (Å²) in [5.74, 6) is 0.977. The smallest absolute Gasteiger partial charge is 0.225 e. The van der Waals surface area contributed by atoms with E-state index < -0.39 is 0 Å². The summed E-state index contributed by atoms with van der Waals surface area (Å²) in [7, 11) is 0. The number of nitrogens with zero attached hydrogens (tertiary/aromatic N) is 3. The van der Waals surface area contributed by atoms with Gasteiger partial charge < -0.3 is 10.2 Å². The highest BCUT2D eigenvalue weighted by Crippen LogP contribution is 2.30. The van der Waals surface area contributed by atoms with Crippen molar-refractivity contribution in [2.24, 2.45) is 11.8 Å². The van der Waals surface area contributed by atoms with Crippen LogP contribution < -0.4 is 5.32 Å². The van der Waals surface area contributed by atoms with Crippen LogP contribution in [0.4, 0.5) is 0 Å². The first-order valence-electron chi connectivity index (χ1n) is 8.94. The summed E-state index contributed by atoms with van der Waals surface area (Å²) in [5.41, 5.74) is 0.973. The van der Waals surface area contributed by atoms with Gasteiger partial charge in [-0.05, 0) is 43.1 Å². The molecule has 2 fully saturated rings. The van der Waals surface area contributed by atoms with Crippen molar-refractivity contribution in [3.63, 3.8) is 0 Å². The van der Waals surface area contributed by atoms with Crippen LogP contribution in [0, 0.1) is 11.8 Å². The molecule has 24 heavy (non-hydrogen) atoms. The molecule has 1 aromatic heterocycles. The van der Waals surface area contributed by atoms with E-state index in [0.29, 0.717) is 31.5 Å². The fourth-order valence-corrected chi connectivity index (χ4v) is 4.10. The molecule has 7 heteroatoms. The molecular weight excluding hydrogens is 324 g/mol. The average Bonchev–Trinajstić information content (AvgIpc) is 3.00. The first-order valence-corrected chi connectivity index (χ1v) is 9.71. The van der Waals surface area contributed by atoms with Crippen molar-refractivity contribution in [3.8, 4) is 0 Å². The van der Waals surface area contributed by atoms with Crippen LogP contribution in [0.15, 0.2) is 0 Å². The molecule has 0 unspecified atom stereocenters. The van der Waals surface area contributed by atoms with E-state index in [9.17, 15) is 9.59 Å². The van der Waals surface area contributed by atoms with Crippen molar-refractivity contribution in [3.05, 3.63) is 10.6 Å². The number of aromatic nitrogens is 2. The summed E-state index contributed by atoms with van der Waals surface area (Å²) in [6.07, 6.45) is 4.80. The lowest BCUT2D eigenvalue weighted by atomic mass is 9.83. The first-order chi connectivity index (χ1) is 11.6. The topological polar surface area (TPSA) is 75.2 Å². The minimum Gasteiger partial charge on any atom is -0.351 e. The maximum atomic E-state index is 12.4. The Hall–Kier alpha value is -1.50. The lowest BCUT2D eigenvalue weighted by Gasteiger charge is -2.36. The van der Waals surface area contributed by atoms with Crippen LogP contribution >= 0.6 is 11.5 Å². The molecule has 1 aliphatic carbocycles. The molecule has 0 atom stereocenters. The summed E-state index contributed by atoms with van der Waals surface area (Å²) in [6.45, 7) is 6.10. The number of nitrogens with one attached hydrogen (secondary N) is 1. The SMILES string of the molecule is CC(C)c1nnsc1CNC(=O)C1CCN(C(=O)C2CCC2)CC1. The zero-order valence-corrected chi connectivity index (χ0v) is 15.3. The molecule has 2 heterocycles. The van der Waals surface area contributed by atoms with E-state index in [1.54, 1.807) is 0 Å². The molecule has 1 aliphatic heterocycles. The van der Waals surface area contributed by atoms with Gasteiger partial charge in [0, 0.05) is 24.9 Å². The molecule has 0 aromatic carbocycles. The van der Waals surface area contributed by atoms with Crippen molar-refractivity contribution < 1.29 is 9.59 Å². The Balaban J connectivity index is 1.45. The lowest BCUT2D eigenvalue weighted by Crippen LogP contribution is -2.46. The van der Waals surface area contributed by atoms with E-state index >= 15 is 0 Å². The number of piperidine rings is 1. The van der Waals surface area contributed by atoms with Gasteiger partial charge in [-0.2, -0.15) is 0 Å². The molecule has 1 aromatic rings. The van der Waals surface area contributed by atoms with Gasteiger partial charge in [-0.3, -0.25) is 9.59 Å². The quantitative estimate of drug-likeness (QED) is 0.884. The van der Waals surface area contributed by atoms with Gasteiger partial charge in [0.15, 0.2) is 0 Å². The zero-order valence-electron chi connectivity index (χ0n) is 14.5. The monoisotopic (exact) mass is 350 g/mol. The molecule has 1 saturated carbocycles. The normalized spacial score (nSPS) is 19.4. The van der Waals surface area contributed by atoms with Gasteiger partial charge in [0.05, 0.1) is 17.1 Å². The zero-order chi connectivity index (χ0) is 17.1. The standard InChI is InChI=1S/C17H26N4O2S/c1-11(2)15-14(24-20-19-15)10-18-16(22)12-6-8-21(9-7-12)17(23)13-4-3-5-13/h11-13H,3-10H2,1-2H3,(H,18,22). The van der Waals surface area contributed by atoms with Crippen molar-refractivity contribution in [2.75, 3.05) is 13.1 Å². The Bertz CT molecular complexity index is 589. The molecule has 3 rings (SSSR count). The molecular formula is C17H26N4O2S. The highest BCUT2D eigenvalue weighted by atomic mass is 32.1. The molecule has 1 N–H and O–H groups in total. The summed E-state index contributed by atoms with van der Waals surface area (Å²) in [5, 5.41) is 7.17. The molecule has 2 amide bonds. The van der Waals surface area contributed by atoms with Gasteiger partial charge in [0.25, 0.3) is 0 Å². The average molecular weight is 350 g/mol. The second kappa shape index (κ2) is 7.59. The Kier molecular flexibility index (Phi) is 5.48. The number of hydrogen-bond donors (Lipinski definition) is 1. The fourth-order valence-electron chi connectivity index (χ4n) is 3.36. The minimum absolute atomic E-state index is 0.0128. The van der Waals surface area contributed by atoms with Crippen LogP contribution in [0.5, 0.6) is 0 Å². The van der Waals surface area contributed by atoms with Crippen LogP contribution in [0.25, 0.3) is 0 Å². The summed E-state index contributed by atoms with van der Waals surface area (Å²) in [4.78, 5) is 27.6. The molecule has 0 bridgehead atoms. The third-order valence-corrected chi connectivity index (χ3v) is 5.92. The number of rotatable bonds is 5. The van der Waals surface area contributed by atoms with Crippen molar-refractivity contribution in [1.82, 2.24) is 19.8 Å². The summed E-state index contributed by atoms with van der Waals surface area (Å²) < 4.78 is 3.99. The highest BCUT2D eigenvalue weighted by Gasteiger charge is 2.33. The van der Waals surface area contributed by atoms with Crippen molar-refractivity contribution in [1.29, 1.82) is 0 Å². The first kappa shape index (κ1) is 17.3. The second-order valence-electron chi connectivity index (χ2n) is 7.18. The number of hydrogen-bond acceptors (Lipinski definition) is 5. The van der Waals surface area contributed by atoms with E-state index in [1.165, 1.54) is 18.0 Å². The van der Waals surface area contributed by atoms with Gasteiger partial charge in [0.1, 0.15) is 0 Å². The Morgan fingerprint density at radius 1 is 1.21 bits per heavy atom. The van der Waals surface area contributed by atoms with E-state index in [4.69, 9.17) is 0 Å². The van der Waals surface area contributed by atoms with Gasteiger partial charge in [0.2, 0.25) is 11.8 Å². The predicted molar refractivity (Wildman–Crippen MR) is 92.5 cm³/mol. The van der Waals surface area contributed by atoms with Gasteiger partial charge >= 0.3 is 0 Å². The molecule has 0 spiro atoms. The van der Waals surface area contributed by atoms with E-state index in [2.05, 4.69) is 28.8 Å². The van der Waals surface area contributed by atoms with Crippen molar-refractivity contribution >= 4 is 23.3 Å². The predicted octanol–water partition coefficient (Wildman–Crippen LogP) is 2.32. The fraction of sp³-hybridized carbons (Fsp3) is 0.765. The summed E-state index contributed by atoms with van der Waals surface area (Å²) in [6, 6.07) is 0. The van der Waals surface area contributed by atoms with Crippen LogP contribution in [-0.4, -0.2) is 39.4 Å². The molecule has 132 valence electrons. The third kappa shape index (κ3) is 3.77. The molecule has 1 saturated heterocycles. The van der Waals surface area contributed by atoms with Crippen LogP contribution in [-0.2, 0) is 16.1 Å². The highest BCUT2D eigenvalue weighted by molar-refractivity contribution is 7.05. The lowest BCUT2D eigenvalue weighted by molar-refractivity contribution is -0.141. The van der Waals surface area contributed by atoms with Gasteiger partial charge in [-0.15, -0.1) is 5.10 Å². The van der Waals surface area contributed by atoms with E-state index in [-0.39, 0.29) is 17.7 Å². The molecule has 2 aliphatic rings. The van der Waals surface area contributed by atoms with Crippen LogP contribution in [0.1, 0.15) is 62.4 Å². The van der Waals surface area contributed by atoms with E-state index in [1.807, 2.05) is 4.90 Å². The number of likely N-dealkylation sites (tertiary alicyclic amines) is 1. The molecule has 6 nitrogen and oxygen atoms in total. The van der Waals surface area contributed by atoms with Crippen LogP contribution in [0.2, 0.25) is 0 Å². The minimum atomic E-state index is 0.0128. The van der Waals surface area contributed by atoms with Gasteiger partial charge in [-0.25, -0.2) is 0 Å². The maximum absolute atomic E-state index is 12.4. The Morgan fingerprint density at radius 2 is 1.92 bits per heavy atom. The number of carbonyl (C=O) groups is 2. The number of carbonyl (C=O) groups excluding carboxylic acids is 2. The summed E-state index contributed by atoms with van der Waals surface area (Å²) >= 11 is 1.35. The van der Waals surface area contributed by atoms with Gasteiger partial charge in [-0.1, -0.05) is 24.8 Å². The van der Waals surface area contributed by atoms with E-state index in [0.717, 1.165) is 36.3 Å². The third-order valence-electron chi connectivity index (χ3n) is 5.19. The Labute approximate surface area is 147 Å². The Morgan fingerprint density at radius 3 is 2.50 bits per heavy atom. The maximum Gasteiger partial charge on any atom is 0.225 e. The second-order valence-corrected chi connectivity index (χ2v) is 8.02. The molecule has 0 radical (unpaired) electrons. The van der Waals surface area contributed by atoms with Crippen LogP contribution in [0.3, 0.4) is 0 Å².